The van der Waals surface area contributed by atoms with E-state index in [1.165, 1.54) is 45.1 Å². The van der Waals surface area contributed by atoms with E-state index in [1.54, 1.807) is 0 Å². The molecule has 0 heterocycles. The minimum Gasteiger partial charge on any atom is -0.313 e. The molecule has 1 unspecified atom stereocenters. The molecule has 2 nitrogen and oxygen atoms in total. The summed E-state index contributed by atoms with van der Waals surface area (Å²) in [6.07, 6.45) is 8.72. The molecule has 1 rings (SSSR count). The number of likely N-dealkylation sites (N-methyl/N-ethyl adjacent to an activating group) is 1. The molecule has 0 spiro atoms. The van der Waals surface area contributed by atoms with Crippen LogP contribution in [0.5, 0.6) is 0 Å². The summed E-state index contributed by atoms with van der Waals surface area (Å²) in [7, 11) is 4.29. The Hall–Kier alpha value is -0.0800. The van der Waals surface area contributed by atoms with Crippen LogP contribution in [0.1, 0.15) is 45.4 Å². The van der Waals surface area contributed by atoms with Gasteiger partial charge in [-0.2, -0.15) is 0 Å². The number of nitrogens with one attached hydrogen (secondary N) is 1. The maximum atomic E-state index is 3.67. The monoisotopic (exact) mass is 212 g/mol. The smallest absolute Gasteiger partial charge is 0.0166 e. The molecule has 1 N–H and O–H groups in total. The van der Waals surface area contributed by atoms with Gasteiger partial charge >= 0.3 is 0 Å². The highest BCUT2D eigenvalue weighted by atomic mass is 15.1. The first-order valence-corrected chi connectivity index (χ1v) is 6.56. The molecule has 0 aromatic rings. The molecule has 0 aromatic heterocycles. The number of hydrogen-bond acceptors (Lipinski definition) is 2. The lowest BCUT2D eigenvalue weighted by atomic mass is 10.0. The SMILES string of the molecule is CC(CN(C)C)NCC1CCCCCC1. The molecule has 1 saturated carbocycles. The Morgan fingerprint density at radius 3 is 2.27 bits per heavy atom. The van der Waals surface area contributed by atoms with E-state index < -0.39 is 0 Å². The molecule has 0 bridgehead atoms. The van der Waals surface area contributed by atoms with Gasteiger partial charge in [-0.1, -0.05) is 25.7 Å². The lowest BCUT2D eigenvalue weighted by Gasteiger charge is -2.21. The quantitative estimate of drug-likeness (QED) is 0.704. The zero-order valence-corrected chi connectivity index (χ0v) is 10.8. The second-order valence-corrected chi connectivity index (χ2v) is 5.43. The van der Waals surface area contributed by atoms with Crippen LogP contribution in [0.25, 0.3) is 0 Å². The third-order valence-corrected chi connectivity index (χ3v) is 3.37. The van der Waals surface area contributed by atoms with Crippen molar-refractivity contribution >= 4 is 0 Å². The second kappa shape index (κ2) is 7.24. The maximum Gasteiger partial charge on any atom is 0.0166 e. The van der Waals surface area contributed by atoms with E-state index in [-0.39, 0.29) is 0 Å². The summed E-state index contributed by atoms with van der Waals surface area (Å²) >= 11 is 0. The zero-order valence-electron chi connectivity index (χ0n) is 10.8. The second-order valence-electron chi connectivity index (χ2n) is 5.43. The van der Waals surface area contributed by atoms with Crippen molar-refractivity contribution in [3.63, 3.8) is 0 Å². The predicted molar refractivity (Wildman–Crippen MR) is 67.2 cm³/mol. The molecule has 90 valence electrons. The van der Waals surface area contributed by atoms with Gasteiger partial charge in [-0.3, -0.25) is 0 Å². The highest BCUT2D eigenvalue weighted by Gasteiger charge is 2.13. The van der Waals surface area contributed by atoms with Crippen molar-refractivity contribution in [2.24, 2.45) is 5.92 Å². The standard InChI is InChI=1S/C13H28N2/c1-12(11-15(2)3)14-10-13-8-6-4-5-7-9-13/h12-14H,4-11H2,1-3H3. The normalized spacial score (nSPS) is 21.6. The average Bonchev–Trinajstić information content (AvgIpc) is 2.41. The van der Waals surface area contributed by atoms with Gasteiger partial charge in [-0.15, -0.1) is 0 Å². The molecular formula is C13H28N2. The van der Waals surface area contributed by atoms with Gasteiger partial charge in [-0.05, 0) is 46.3 Å². The van der Waals surface area contributed by atoms with E-state index in [9.17, 15) is 0 Å². The van der Waals surface area contributed by atoms with E-state index in [2.05, 4.69) is 31.2 Å². The fourth-order valence-corrected chi connectivity index (χ4v) is 2.55. The summed E-state index contributed by atoms with van der Waals surface area (Å²) in [4.78, 5) is 2.25. The molecule has 0 saturated heterocycles. The summed E-state index contributed by atoms with van der Waals surface area (Å²) in [5, 5.41) is 3.67. The van der Waals surface area contributed by atoms with Gasteiger partial charge < -0.3 is 10.2 Å². The molecule has 0 radical (unpaired) electrons. The van der Waals surface area contributed by atoms with Crippen molar-refractivity contribution in [2.45, 2.75) is 51.5 Å². The summed E-state index contributed by atoms with van der Waals surface area (Å²) in [5.41, 5.74) is 0. The molecule has 1 fully saturated rings. The maximum absolute atomic E-state index is 3.67. The van der Waals surface area contributed by atoms with E-state index >= 15 is 0 Å². The van der Waals surface area contributed by atoms with Gasteiger partial charge in [0.25, 0.3) is 0 Å². The number of rotatable bonds is 5. The molecule has 1 atom stereocenters. The van der Waals surface area contributed by atoms with E-state index in [0.29, 0.717) is 6.04 Å². The van der Waals surface area contributed by atoms with Crippen LogP contribution in [-0.2, 0) is 0 Å². The molecule has 0 aromatic carbocycles. The Kier molecular flexibility index (Phi) is 6.26. The van der Waals surface area contributed by atoms with Crippen LogP contribution in [-0.4, -0.2) is 38.1 Å². The summed E-state index contributed by atoms with van der Waals surface area (Å²) in [6, 6.07) is 0.628. The zero-order chi connectivity index (χ0) is 11.1. The number of hydrogen-bond donors (Lipinski definition) is 1. The van der Waals surface area contributed by atoms with Gasteiger partial charge in [0.05, 0.1) is 0 Å². The first-order chi connectivity index (χ1) is 7.18. The van der Waals surface area contributed by atoms with Crippen LogP contribution in [0.4, 0.5) is 0 Å². The predicted octanol–water partition coefficient (Wildman–Crippen LogP) is 2.50. The minimum absolute atomic E-state index is 0.628. The Bertz CT molecular complexity index is 149. The van der Waals surface area contributed by atoms with Gasteiger partial charge in [-0.25, -0.2) is 0 Å². The molecule has 15 heavy (non-hydrogen) atoms. The molecule has 0 amide bonds. The average molecular weight is 212 g/mol. The van der Waals surface area contributed by atoms with Crippen molar-refractivity contribution in [1.29, 1.82) is 0 Å². The molecule has 0 aliphatic heterocycles. The highest BCUT2D eigenvalue weighted by molar-refractivity contribution is 4.70. The lowest BCUT2D eigenvalue weighted by molar-refractivity contribution is 0.326. The van der Waals surface area contributed by atoms with Crippen molar-refractivity contribution in [1.82, 2.24) is 10.2 Å². The fraction of sp³-hybridized carbons (Fsp3) is 1.00. The van der Waals surface area contributed by atoms with Crippen molar-refractivity contribution < 1.29 is 0 Å². The van der Waals surface area contributed by atoms with E-state index in [0.717, 1.165) is 12.5 Å². The van der Waals surface area contributed by atoms with Crippen molar-refractivity contribution in [2.75, 3.05) is 27.2 Å². The van der Waals surface area contributed by atoms with Crippen molar-refractivity contribution in [3.8, 4) is 0 Å². The van der Waals surface area contributed by atoms with E-state index in [4.69, 9.17) is 0 Å². The first-order valence-electron chi connectivity index (χ1n) is 6.56. The van der Waals surface area contributed by atoms with Crippen LogP contribution in [0.15, 0.2) is 0 Å². The van der Waals surface area contributed by atoms with Crippen LogP contribution < -0.4 is 5.32 Å². The Labute approximate surface area is 95.4 Å². The van der Waals surface area contributed by atoms with Gasteiger partial charge in [0, 0.05) is 12.6 Å². The summed E-state index contributed by atoms with van der Waals surface area (Å²) < 4.78 is 0. The molecule has 1 aliphatic rings. The molecule has 1 aliphatic carbocycles. The van der Waals surface area contributed by atoms with Gasteiger partial charge in [0.1, 0.15) is 0 Å². The highest BCUT2D eigenvalue weighted by Crippen LogP contribution is 2.22. The van der Waals surface area contributed by atoms with Gasteiger partial charge in [0.2, 0.25) is 0 Å². The van der Waals surface area contributed by atoms with Crippen LogP contribution >= 0.6 is 0 Å². The lowest BCUT2D eigenvalue weighted by Crippen LogP contribution is -2.38. The minimum atomic E-state index is 0.628. The first kappa shape index (κ1) is 13.0. The Morgan fingerprint density at radius 1 is 1.13 bits per heavy atom. The summed E-state index contributed by atoms with van der Waals surface area (Å²) in [5.74, 6) is 0.942. The van der Waals surface area contributed by atoms with Crippen LogP contribution in [0.2, 0.25) is 0 Å². The van der Waals surface area contributed by atoms with Crippen LogP contribution in [0, 0.1) is 5.92 Å². The Balaban J connectivity index is 2.11. The molecular weight excluding hydrogens is 184 g/mol. The fourth-order valence-electron chi connectivity index (χ4n) is 2.55. The topological polar surface area (TPSA) is 15.3 Å². The van der Waals surface area contributed by atoms with E-state index in [1.807, 2.05) is 0 Å². The van der Waals surface area contributed by atoms with Crippen molar-refractivity contribution in [3.05, 3.63) is 0 Å². The largest absolute Gasteiger partial charge is 0.313 e. The number of nitrogens with zero attached hydrogens (tertiary/aromatic N) is 1. The summed E-state index contributed by atoms with van der Waals surface area (Å²) in [6.45, 7) is 4.67. The third kappa shape index (κ3) is 6.16. The van der Waals surface area contributed by atoms with Gasteiger partial charge in [0.15, 0.2) is 0 Å². The molecule has 2 heteroatoms. The Morgan fingerprint density at radius 2 is 1.73 bits per heavy atom. The third-order valence-electron chi connectivity index (χ3n) is 3.37. The van der Waals surface area contributed by atoms with Crippen LogP contribution in [0.3, 0.4) is 0 Å².